The number of nitrogens with zero attached hydrogens (tertiary/aromatic N) is 2. The minimum absolute atomic E-state index is 0. The van der Waals surface area contributed by atoms with Gasteiger partial charge in [-0.1, -0.05) is 24.3 Å². The number of hydrogen-bond donors (Lipinski definition) is 2. The van der Waals surface area contributed by atoms with Crippen molar-refractivity contribution in [2.75, 3.05) is 32.1 Å². The molecule has 0 fully saturated rings. The van der Waals surface area contributed by atoms with Crippen LogP contribution in [0.25, 0.3) is 0 Å². The largest absolute Gasteiger partial charge is 0.383 e. The number of ether oxygens (including phenoxy) is 1. The molecule has 1 heterocycles. The Balaban J connectivity index is 0.00000169. The van der Waals surface area contributed by atoms with Gasteiger partial charge in [-0.25, -0.2) is 4.68 Å². The number of carbonyl (C=O) groups excluding carboxylic acids is 1. The molecule has 1 aliphatic carbocycles. The normalized spacial score (nSPS) is 15.3. The summed E-state index contributed by atoms with van der Waals surface area (Å²) in [4.78, 5) is 12.1. The zero-order valence-corrected chi connectivity index (χ0v) is 16.4. The van der Waals surface area contributed by atoms with E-state index < -0.39 is 0 Å². The van der Waals surface area contributed by atoms with Gasteiger partial charge in [0, 0.05) is 19.7 Å². The van der Waals surface area contributed by atoms with Gasteiger partial charge in [0.1, 0.15) is 5.82 Å². The number of aromatic nitrogens is 2. The van der Waals surface area contributed by atoms with Crippen molar-refractivity contribution in [1.82, 2.24) is 15.1 Å². The van der Waals surface area contributed by atoms with E-state index in [1.165, 1.54) is 11.1 Å². The molecule has 1 aromatic carbocycles. The lowest BCUT2D eigenvalue weighted by Gasteiger charge is -2.27. The van der Waals surface area contributed by atoms with E-state index in [4.69, 9.17) is 4.74 Å². The summed E-state index contributed by atoms with van der Waals surface area (Å²) in [5.41, 5.74) is 2.68. The van der Waals surface area contributed by atoms with Crippen molar-refractivity contribution in [1.29, 1.82) is 0 Å². The topological polar surface area (TPSA) is 68.2 Å². The fraction of sp³-hybridized carbons (Fsp3) is 0.444. The summed E-state index contributed by atoms with van der Waals surface area (Å²) in [5.74, 6) is 0.673. The Labute approximate surface area is 166 Å². The molecule has 0 saturated heterocycles. The van der Waals surface area contributed by atoms with E-state index in [0.717, 1.165) is 25.1 Å². The van der Waals surface area contributed by atoms with Crippen molar-refractivity contribution in [2.24, 2.45) is 0 Å². The smallest absolute Gasteiger partial charge is 0.239 e. The molecule has 6 nitrogen and oxygen atoms in total. The number of fused-ring (bicyclic) bond motifs is 1. The van der Waals surface area contributed by atoms with Crippen LogP contribution >= 0.6 is 24.8 Å². The zero-order chi connectivity index (χ0) is 16.8. The van der Waals surface area contributed by atoms with E-state index in [1.54, 1.807) is 13.3 Å². The fourth-order valence-corrected chi connectivity index (χ4v) is 3.21. The summed E-state index contributed by atoms with van der Waals surface area (Å²) in [5, 5.41) is 10.5. The van der Waals surface area contributed by atoms with Crippen LogP contribution < -0.4 is 10.6 Å². The third-order valence-corrected chi connectivity index (χ3v) is 4.34. The van der Waals surface area contributed by atoms with Gasteiger partial charge in [0.25, 0.3) is 0 Å². The van der Waals surface area contributed by atoms with E-state index in [9.17, 15) is 4.79 Å². The van der Waals surface area contributed by atoms with Gasteiger partial charge in [-0.05, 0) is 30.4 Å². The first-order valence-electron chi connectivity index (χ1n) is 8.40. The van der Waals surface area contributed by atoms with Gasteiger partial charge < -0.3 is 15.4 Å². The summed E-state index contributed by atoms with van der Waals surface area (Å²) in [7, 11) is 1.64. The summed E-state index contributed by atoms with van der Waals surface area (Å²) in [6.07, 6.45) is 5.02. The molecule has 0 spiro atoms. The van der Waals surface area contributed by atoms with Crippen LogP contribution in [0.5, 0.6) is 0 Å². The Kier molecular flexibility index (Phi) is 9.65. The molecular formula is C18H26Cl2N4O2. The highest BCUT2D eigenvalue weighted by Gasteiger charge is 2.24. The lowest BCUT2D eigenvalue weighted by molar-refractivity contribution is -0.115. The summed E-state index contributed by atoms with van der Waals surface area (Å²) in [6, 6.07) is 10.5. The number of methoxy groups -OCH3 is 1. The molecule has 3 rings (SSSR count). The standard InChI is InChI=1S/C18H24N4O2.2ClH/c1-24-12-11-19-13-18(23)21-17-9-10-20-22(17)16-8-4-6-14-5-2-3-7-15(14)16;;/h2-3,5,7,9-10,16,19H,4,6,8,11-13H2,1H3,(H,21,23);2*1H. The highest BCUT2D eigenvalue weighted by molar-refractivity contribution is 5.91. The van der Waals surface area contributed by atoms with Crippen LogP contribution in [-0.4, -0.2) is 42.5 Å². The van der Waals surface area contributed by atoms with E-state index in [2.05, 4.69) is 40.0 Å². The van der Waals surface area contributed by atoms with Crippen molar-refractivity contribution in [3.63, 3.8) is 0 Å². The second kappa shape index (κ2) is 11.2. The summed E-state index contributed by atoms with van der Waals surface area (Å²) in [6.45, 7) is 1.50. The fourth-order valence-electron chi connectivity index (χ4n) is 3.21. The second-order valence-corrected chi connectivity index (χ2v) is 5.99. The third kappa shape index (κ3) is 5.45. The maximum absolute atomic E-state index is 12.1. The van der Waals surface area contributed by atoms with Crippen LogP contribution in [0.4, 0.5) is 5.82 Å². The van der Waals surface area contributed by atoms with Gasteiger partial charge in [0.15, 0.2) is 0 Å². The third-order valence-electron chi connectivity index (χ3n) is 4.34. The molecule has 1 aromatic heterocycles. The molecule has 8 heteroatoms. The van der Waals surface area contributed by atoms with Crippen molar-refractivity contribution >= 4 is 36.5 Å². The lowest BCUT2D eigenvalue weighted by Crippen LogP contribution is -2.31. The lowest BCUT2D eigenvalue weighted by atomic mass is 9.88. The van der Waals surface area contributed by atoms with Gasteiger partial charge in [-0.2, -0.15) is 5.10 Å². The molecule has 26 heavy (non-hydrogen) atoms. The van der Waals surface area contributed by atoms with Crippen LogP contribution in [0.3, 0.4) is 0 Å². The molecule has 0 radical (unpaired) electrons. The van der Waals surface area contributed by atoms with Crippen LogP contribution in [-0.2, 0) is 16.0 Å². The molecule has 1 unspecified atom stereocenters. The van der Waals surface area contributed by atoms with E-state index >= 15 is 0 Å². The zero-order valence-electron chi connectivity index (χ0n) is 14.8. The van der Waals surface area contributed by atoms with Crippen molar-refractivity contribution in [3.8, 4) is 0 Å². The highest BCUT2D eigenvalue weighted by atomic mass is 35.5. The average Bonchev–Trinajstić information content (AvgIpc) is 3.06. The summed E-state index contributed by atoms with van der Waals surface area (Å²) < 4.78 is 6.89. The van der Waals surface area contributed by atoms with E-state index in [0.29, 0.717) is 13.2 Å². The average molecular weight is 401 g/mol. The van der Waals surface area contributed by atoms with Crippen molar-refractivity contribution < 1.29 is 9.53 Å². The number of benzene rings is 1. The summed E-state index contributed by atoms with van der Waals surface area (Å²) >= 11 is 0. The Morgan fingerprint density at radius 3 is 2.92 bits per heavy atom. The first kappa shape index (κ1) is 22.4. The highest BCUT2D eigenvalue weighted by Crippen LogP contribution is 2.34. The van der Waals surface area contributed by atoms with E-state index in [-0.39, 0.29) is 43.3 Å². The molecule has 1 atom stereocenters. The van der Waals surface area contributed by atoms with Crippen LogP contribution in [0, 0.1) is 0 Å². The van der Waals surface area contributed by atoms with Crippen molar-refractivity contribution in [2.45, 2.75) is 25.3 Å². The van der Waals surface area contributed by atoms with Crippen LogP contribution in [0.1, 0.15) is 30.0 Å². The van der Waals surface area contributed by atoms with Gasteiger partial charge in [-0.3, -0.25) is 4.79 Å². The monoisotopic (exact) mass is 400 g/mol. The first-order chi connectivity index (χ1) is 11.8. The van der Waals surface area contributed by atoms with Gasteiger partial charge >= 0.3 is 0 Å². The van der Waals surface area contributed by atoms with Crippen molar-refractivity contribution in [3.05, 3.63) is 47.7 Å². The Morgan fingerprint density at radius 1 is 1.31 bits per heavy atom. The quantitative estimate of drug-likeness (QED) is 0.701. The molecule has 2 N–H and O–H groups in total. The maximum Gasteiger partial charge on any atom is 0.239 e. The van der Waals surface area contributed by atoms with Crippen LogP contribution in [0.2, 0.25) is 0 Å². The predicted molar refractivity (Wildman–Crippen MR) is 108 cm³/mol. The van der Waals surface area contributed by atoms with Gasteiger partial charge in [-0.15, -0.1) is 24.8 Å². The number of nitrogens with one attached hydrogen (secondary N) is 2. The Morgan fingerprint density at radius 2 is 2.12 bits per heavy atom. The number of hydrogen-bond acceptors (Lipinski definition) is 4. The second-order valence-electron chi connectivity index (χ2n) is 5.99. The number of aryl methyl sites for hydroxylation is 1. The molecular weight excluding hydrogens is 375 g/mol. The first-order valence-corrected chi connectivity index (χ1v) is 8.40. The van der Waals surface area contributed by atoms with Gasteiger partial charge in [0.2, 0.25) is 5.91 Å². The number of carbonyl (C=O) groups is 1. The number of anilines is 1. The Bertz CT molecular complexity index is 693. The maximum atomic E-state index is 12.1. The molecule has 144 valence electrons. The Hall–Kier alpha value is -1.60. The molecule has 1 aliphatic rings. The molecule has 0 bridgehead atoms. The number of rotatable bonds is 7. The minimum atomic E-state index is -0.0723. The predicted octanol–water partition coefficient (Wildman–Crippen LogP) is 2.83. The minimum Gasteiger partial charge on any atom is -0.383 e. The SMILES string of the molecule is COCCNCC(=O)Nc1ccnn1C1CCCc2ccccc21.Cl.Cl. The molecule has 2 aromatic rings. The van der Waals surface area contributed by atoms with Crippen LogP contribution in [0.15, 0.2) is 36.5 Å². The molecule has 1 amide bonds. The molecule has 0 saturated carbocycles. The van der Waals surface area contributed by atoms with E-state index in [1.807, 2.05) is 10.7 Å². The number of amides is 1. The van der Waals surface area contributed by atoms with Gasteiger partial charge in [0.05, 0.1) is 25.4 Å². The number of halogens is 2. The molecule has 0 aliphatic heterocycles.